The Kier molecular flexibility index (Phi) is 6.44. The van der Waals surface area contributed by atoms with Gasteiger partial charge in [0.25, 0.3) is 5.56 Å². The van der Waals surface area contributed by atoms with Gasteiger partial charge in [0, 0.05) is 6.54 Å². The quantitative estimate of drug-likeness (QED) is 0.671. The van der Waals surface area contributed by atoms with E-state index in [4.69, 9.17) is 0 Å². The minimum absolute atomic E-state index is 0.0510. The second-order valence-electron chi connectivity index (χ2n) is 7.53. The summed E-state index contributed by atoms with van der Waals surface area (Å²) >= 11 is 0. The molecule has 3 aromatic rings. The number of likely N-dealkylation sites (N-methyl/N-ethyl adjacent to an activating group) is 1. The van der Waals surface area contributed by atoms with Crippen molar-refractivity contribution in [3.05, 3.63) is 75.8 Å². The van der Waals surface area contributed by atoms with Crippen LogP contribution < -0.4 is 10.9 Å². The van der Waals surface area contributed by atoms with Crippen LogP contribution in [0, 0.1) is 6.92 Å². The van der Waals surface area contributed by atoms with Crippen molar-refractivity contribution in [1.29, 1.82) is 0 Å². The Labute approximate surface area is 171 Å². The number of carbonyl (C=O) groups excluding carboxylic acids is 1. The van der Waals surface area contributed by atoms with Gasteiger partial charge in [-0.3, -0.25) is 14.2 Å². The zero-order chi connectivity index (χ0) is 21.0. The Balaban J connectivity index is 1.70. The number of fused-ring (bicyclic) bond motifs is 1. The molecule has 0 radical (unpaired) electrons. The van der Waals surface area contributed by atoms with Crippen molar-refractivity contribution in [2.45, 2.75) is 32.9 Å². The summed E-state index contributed by atoms with van der Waals surface area (Å²) < 4.78 is 1.36. The molecule has 1 atom stereocenters. The van der Waals surface area contributed by atoms with E-state index in [2.05, 4.69) is 46.4 Å². The van der Waals surface area contributed by atoms with E-state index in [1.165, 1.54) is 16.5 Å². The lowest BCUT2D eigenvalue weighted by molar-refractivity contribution is -0.121. The fourth-order valence-corrected chi connectivity index (χ4v) is 3.45. The fourth-order valence-electron chi connectivity index (χ4n) is 3.45. The average molecular weight is 393 g/mol. The first-order valence-corrected chi connectivity index (χ1v) is 9.87. The number of benzene rings is 2. The summed E-state index contributed by atoms with van der Waals surface area (Å²) in [5.74, 6) is -0.210. The van der Waals surface area contributed by atoms with Crippen LogP contribution >= 0.6 is 0 Å². The number of aryl methyl sites for hydroxylation is 2. The molecule has 0 aliphatic heterocycles. The Bertz CT molecular complexity index is 1050. The molecule has 1 amide bonds. The van der Waals surface area contributed by atoms with Crippen molar-refractivity contribution in [3.8, 4) is 0 Å². The summed E-state index contributed by atoms with van der Waals surface area (Å²) in [6, 6.07) is 14.0. The van der Waals surface area contributed by atoms with Gasteiger partial charge in [-0.25, -0.2) is 4.98 Å². The molecule has 0 saturated heterocycles. The predicted octanol–water partition coefficient (Wildman–Crippen LogP) is 2.69. The number of hydrogen-bond acceptors (Lipinski definition) is 4. The van der Waals surface area contributed by atoms with Gasteiger partial charge in [0.2, 0.25) is 5.91 Å². The lowest BCUT2D eigenvalue weighted by atomic mass is 10.0. The number of aromatic nitrogens is 2. The van der Waals surface area contributed by atoms with Crippen LogP contribution in [0.3, 0.4) is 0 Å². The summed E-state index contributed by atoms with van der Waals surface area (Å²) in [5.41, 5.74) is 3.85. The first-order chi connectivity index (χ1) is 13.9. The topological polar surface area (TPSA) is 67.2 Å². The van der Waals surface area contributed by atoms with Gasteiger partial charge < -0.3 is 10.2 Å². The van der Waals surface area contributed by atoms with E-state index in [1.807, 2.05) is 33.2 Å². The van der Waals surface area contributed by atoms with Crippen molar-refractivity contribution >= 4 is 16.8 Å². The number of nitrogens with one attached hydrogen (secondary N) is 1. The molecule has 1 aromatic heterocycles. The van der Waals surface area contributed by atoms with Crippen LogP contribution in [0.1, 0.15) is 29.7 Å². The molecular formula is C23H28N4O2. The summed E-state index contributed by atoms with van der Waals surface area (Å²) in [6.45, 7) is 4.46. The van der Waals surface area contributed by atoms with E-state index in [0.29, 0.717) is 17.4 Å². The van der Waals surface area contributed by atoms with Gasteiger partial charge in [-0.1, -0.05) is 43.3 Å². The Hall–Kier alpha value is -2.99. The third-order valence-electron chi connectivity index (χ3n) is 5.26. The Morgan fingerprint density at radius 2 is 1.90 bits per heavy atom. The molecule has 0 saturated carbocycles. The van der Waals surface area contributed by atoms with E-state index in [0.717, 1.165) is 17.5 Å². The first-order valence-electron chi connectivity index (χ1n) is 9.87. The van der Waals surface area contributed by atoms with Crippen molar-refractivity contribution < 1.29 is 4.79 Å². The fraction of sp³-hybridized carbons (Fsp3) is 0.348. The molecule has 1 heterocycles. The maximum absolute atomic E-state index is 12.7. The van der Waals surface area contributed by atoms with Crippen LogP contribution in [0.15, 0.2) is 53.6 Å². The molecule has 152 valence electrons. The van der Waals surface area contributed by atoms with Gasteiger partial charge in [-0.05, 0) is 50.2 Å². The number of hydrogen-bond donors (Lipinski definition) is 1. The molecule has 0 bridgehead atoms. The van der Waals surface area contributed by atoms with Gasteiger partial charge in [-0.15, -0.1) is 0 Å². The predicted molar refractivity (Wildman–Crippen MR) is 116 cm³/mol. The SMILES string of the molecule is CCc1ccc([C@H](CNC(=O)Cn2cnc3c(C)cccc3c2=O)N(C)C)cc1. The Morgan fingerprint density at radius 1 is 1.17 bits per heavy atom. The van der Waals surface area contributed by atoms with E-state index >= 15 is 0 Å². The highest BCUT2D eigenvalue weighted by atomic mass is 16.2. The van der Waals surface area contributed by atoms with Crippen LogP contribution in [0.4, 0.5) is 0 Å². The minimum atomic E-state index is -0.210. The van der Waals surface area contributed by atoms with Crippen molar-refractivity contribution in [2.24, 2.45) is 0 Å². The molecular weight excluding hydrogens is 364 g/mol. The molecule has 0 fully saturated rings. The normalized spacial score (nSPS) is 12.3. The van der Waals surface area contributed by atoms with Crippen LogP contribution in [0.5, 0.6) is 0 Å². The highest BCUT2D eigenvalue weighted by molar-refractivity contribution is 5.81. The summed E-state index contributed by atoms with van der Waals surface area (Å²) in [6.07, 6.45) is 2.45. The van der Waals surface area contributed by atoms with Crippen molar-refractivity contribution in [2.75, 3.05) is 20.6 Å². The molecule has 0 unspecified atom stereocenters. The average Bonchev–Trinajstić information content (AvgIpc) is 2.71. The molecule has 0 aliphatic rings. The highest BCUT2D eigenvalue weighted by Crippen LogP contribution is 2.18. The second-order valence-corrected chi connectivity index (χ2v) is 7.53. The number of amides is 1. The lowest BCUT2D eigenvalue weighted by Gasteiger charge is -2.25. The van der Waals surface area contributed by atoms with Gasteiger partial charge in [-0.2, -0.15) is 0 Å². The van der Waals surface area contributed by atoms with E-state index < -0.39 is 0 Å². The van der Waals surface area contributed by atoms with E-state index in [-0.39, 0.29) is 24.1 Å². The molecule has 6 nitrogen and oxygen atoms in total. The monoisotopic (exact) mass is 392 g/mol. The molecule has 2 aromatic carbocycles. The van der Waals surface area contributed by atoms with Gasteiger partial charge in [0.15, 0.2) is 0 Å². The number of rotatable bonds is 7. The van der Waals surface area contributed by atoms with Crippen LogP contribution in [-0.2, 0) is 17.8 Å². The number of carbonyl (C=O) groups is 1. The van der Waals surface area contributed by atoms with Crippen LogP contribution in [0.25, 0.3) is 10.9 Å². The van der Waals surface area contributed by atoms with Crippen molar-refractivity contribution in [1.82, 2.24) is 19.8 Å². The summed E-state index contributed by atoms with van der Waals surface area (Å²) in [4.78, 5) is 31.6. The van der Waals surface area contributed by atoms with Gasteiger partial charge in [0.05, 0.1) is 23.3 Å². The maximum atomic E-state index is 12.7. The van der Waals surface area contributed by atoms with E-state index in [1.54, 1.807) is 6.07 Å². The minimum Gasteiger partial charge on any atom is -0.353 e. The Morgan fingerprint density at radius 3 is 2.55 bits per heavy atom. The highest BCUT2D eigenvalue weighted by Gasteiger charge is 2.16. The molecule has 0 aliphatic carbocycles. The number of nitrogens with zero attached hydrogens (tertiary/aromatic N) is 3. The van der Waals surface area contributed by atoms with Crippen molar-refractivity contribution in [3.63, 3.8) is 0 Å². The molecule has 29 heavy (non-hydrogen) atoms. The third kappa shape index (κ3) is 4.71. The third-order valence-corrected chi connectivity index (χ3v) is 5.26. The molecule has 0 spiro atoms. The van der Waals surface area contributed by atoms with Gasteiger partial charge >= 0.3 is 0 Å². The smallest absolute Gasteiger partial charge is 0.261 e. The zero-order valence-electron chi connectivity index (χ0n) is 17.5. The molecule has 1 N–H and O–H groups in total. The standard InChI is InChI=1S/C23H28N4O2/c1-5-17-9-11-18(12-10-17)20(26(3)4)13-24-21(28)14-27-15-25-22-16(2)7-6-8-19(22)23(27)29/h6-12,15,20H,5,13-14H2,1-4H3,(H,24,28)/t20-/m0/s1. The zero-order valence-corrected chi connectivity index (χ0v) is 17.5. The number of para-hydroxylation sites is 1. The second kappa shape index (κ2) is 9.01. The van der Waals surface area contributed by atoms with Crippen LogP contribution in [0.2, 0.25) is 0 Å². The van der Waals surface area contributed by atoms with Gasteiger partial charge in [0.1, 0.15) is 6.54 Å². The molecule has 6 heteroatoms. The summed E-state index contributed by atoms with van der Waals surface area (Å²) in [7, 11) is 3.98. The van der Waals surface area contributed by atoms with E-state index in [9.17, 15) is 9.59 Å². The largest absolute Gasteiger partial charge is 0.353 e. The molecule has 3 rings (SSSR count). The first kappa shape index (κ1) is 20.7. The lowest BCUT2D eigenvalue weighted by Crippen LogP contribution is -2.37. The maximum Gasteiger partial charge on any atom is 0.261 e. The summed E-state index contributed by atoms with van der Waals surface area (Å²) in [5, 5.41) is 3.49. The van der Waals surface area contributed by atoms with Crippen LogP contribution in [-0.4, -0.2) is 41.0 Å².